The van der Waals surface area contributed by atoms with Crippen LogP contribution in [0, 0.1) is 0 Å². The number of anilines is 1. The van der Waals surface area contributed by atoms with Crippen molar-refractivity contribution in [1.82, 2.24) is 4.90 Å². The van der Waals surface area contributed by atoms with E-state index in [1.165, 1.54) is 13.0 Å². The molecule has 1 fully saturated rings. The zero-order chi connectivity index (χ0) is 14.9. The molecule has 0 aliphatic carbocycles. The number of nitrogens with two attached hydrogens (primary N) is 1. The summed E-state index contributed by atoms with van der Waals surface area (Å²) in [4.78, 5) is 9.28. The third-order valence-corrected chi connectivity index (χ3v) is 4.87. The van der Waals surface area contributed by atoms with Crippen molar-refractivity contribution in [3.05, 3.63) is 29.3 Å². The van der Waals surface area contributed by atoms with Crippen LogP contribution < -0.4 is 10.6 Å². The molecule has 1 aromatic rings. The van der Waals surface area contributed by atoms with Gasteiger partial charge < -0.3 is 15.5 Å². The van der Waals surface area contributed by atoms with Gasteiger partial charge in [-0.1, -0.05) is 24.6 Å². The highest BCUT2D eigenvalue weighted by Gasteiger charge is 2.45. The molecule has 1 spiro atoms. The van der Waals surface area contributed by atoms with Crippen molar-refractivity contribution in [3.8, 4) is 0 Å². The summed E-state index contributed by atoms with van der Waals surface area (Å²) >= 11 is 6.15. The fraction of sp³-hybridized carbons (Fsp3) is 0.562. The van der Waals surface area contributed by atoms with Gasteiger partial charge in [-0.2, -0.15) is 0 Å². The average Bonchev–Trinajstić information content (AvgIpc) is 2.79. The number of likely N-dealkylation sites (tertiary alicyclic amines) is 1. The van der Waals surface area contributed by atoms with Gasteiger partial charge in [-0.05, 0) is 44.0 Å². The van der Waals surface area contributed by atoms with Crippen molar-refractivity contribution < 1.29 is 0 Å². The van der Waals surface area contributed by atoms with Crippen LogP contribution in [0.15, 0.2) is 29.3 Å². The van der Waals surface area contributed by atoms with Gasteiger partial charge in [0, 0.05) is 23.8 Å². The van der Waals surface area contributed by atoms with Crippen LogP contribution in [0.3, 0.4) is 0 Å². The van der Waals surface area contributed by atoms with Gasteiger partial charge in [0.05, 0.1) is 12.1 Å². The second kappa shape index (κ2) is 5.85. The summed E-state index contributed by atoms with van der Waals surface area (Å²) in [7, 11) is 0. The number of halogens is 1. The number of piperidine rings is 1. The first-order valence-electron chi connectivity index (χ1n) is 7.73. The van der Waals surface area contributed by atoms with Crippen molar-refractivity contribution in [1.29, 1.82) is 0 Å². The summed E-state index contributed by atoms with van der Waals surface area (Å²) in [5.41, 5.74) is 7.28. The molecule has 1 saturated heterocycles. The van der Waals surface area contributed by atoms with E-state index in [1.807, 2.05) is 18.2 Å². The maximum absolute atomic E-state index is 6.18. The number of nitrogens with zero attached hydrogens (tertiary/aromatic N) is 3. The summed E-state index contributed by atoms with van der Waals surface area (Å²) in [6.45, 7) is 6.45. The van der Waals surface area contributed by atoms with E-state index in [-0.39, 0.29) is 5.54 Å². The van der Waals surface area contributed by atoms with E-state index < -0.39 is 0 Å². The highest BCUT2D eigenvalue weighted by Crippen LogP contribution is 2.37. The van der Waals surface area contributed by atoms with E-state index in [0.717, 1.165) is 43.2 Å². The van der Waals surface area contributed by atoms with Crippen LogP contribution in [0.25, 0.3) is 0 Å². The van der Waals surface area contributed by atoms with Gasteiger partial charge in [0.25, 0.3) is 0 Å². The molecule has 21 heavy (non-hydrogen) atoms. The molecule has 2 heterocycles. The Morgan fingerprint density at radius 3 is 2.76 bits per heavy atom. The Kier molecular flexibility index (Phi) is 4.09. The average molecular weight is 307 g/mol. The Morgan fingerprint density at radius 1 is 1.33 bits per heavy atom. The molecule has 5 heteroatoms. The zero-order valence-corrected chi connectivity index (χ0v) is 13.3. The van der Waals surface area contributed by atoms with Crippen LogP contribution in [0.1, 0.15) is 26.2 Å². The molecule has 114 valence electrons. The lowest BCUT2D eigenvalue weighted by molar-refractivity contribution is 0.171. The van der Waals surface area contributed by atoms with E-state index in [1.54, 1.807) is 0 Å². The fourth-order valence-electron chi connectivity index (χ4n) is 3.52. The number of benzene rings is 1. The van der Waals surface area contributed by atoms with Gasteiger partial charge in [0.15, 0.2) is 5.96 Å². The smallest absolute Gasteiger partial charge is 0.196 e. The molecular weight excluding hydrogens is 284 g/mol. The van der Waals surface area contributed by atoms with Gasteiger partial charge in [-0.15, -0.1) is 0 Å². The minimum absolute atomic E-state index is 0.0407. The summed E-state index contributed by atoms with van der Waals surface area (Å²) in [6, 6.07) is 7.92. The topological polar surface area (TPSA) is 44.9 Å². The van der Waals surface area contributed by atoms with Gasteiger partial charge >= 0.3 is 0 Å². The first kappa shape index (κ1) is 14.7. The number of hydrogen-bond acceptors (Lipinski definition) is 4. The van der Waals surface area contributed by atoms with Gasteiger partial charge in [-0.25, -0.2) is 0 Å². The molecule has 1 aromatic carbocycles. The van der Waals surface area contributed by atoms with Crippen molar-refractivity contribution in [3.63, 3.8) is 0 Å². The first-order valence-corrected chi connectivity index (χ1v) is 8.10. The fourth-order valence-corrected chi connectivity index (χ4v) is 3.71. The summed E-state index contributed by atoms with van der Waals surface area (Å²) in [5, 5.41) is 0.741. The zero-order valence-electron chi connectivity index (χ0n) is 12.6. The van der Waals surface area contributed by atoms with E-state index >= 15 is 0 Å². The first-order chi connectivity index (χ1) is 10.1. The quantitative estimate of drug-likeness (QED) is 0.934. The lowest BCUT2D eigenvalue weighted by Crippen LogP contribution is -2.57. The van der Waals surface area contributed by atoms with E-state index in [2.05, 4.69) is 27.8 Å². The molecule has 2 N–H and O–H groups in total. The second-order valence-electron chi connectivity index (χ2n) is 6.06. The number of hydrogen-bond donors (Lipinski definition) is 1. The Labute approximate surface area is 131 Å². The SMILES string of the molecule is CCCN1CCC2(CC1)CN=C(N)N2c1cccc(Cl)c1. The van der Waals surface area contributed by atoms with Crippen LogP contribution >= 0.6 is 11.6 Å². The Hall–Kier alpha value is -1.26. The highest BCUT2D eigenvalue weighted by atomic mass is 35.5. The summed E-state index contributed by atoms with van der Waals surface area (Å²) in [5.74, 6) is 0.626. The maximum atomic E-state index is 6.18. The summed E-state index contributed by atoms with van der Waals surface area (Å²) < 4.78 is 0. The minimum Gasteiger partial charge on any atom is -0.369 e. The molecular formula is C16H23ClN4. The van der Waals surface area contributed by atoms with Gasteiger partial charge in [0.2, 0.25) is 0 Å². The van der Waals surface area contributed by atoms with Gasteiger partial charge in [-0.3, -0.25) is 4.99 Å². The van der Waals surface area contributed by atoms with Crippen molar-refractivity contribution in [2.75, 3.05) is 31.1 Å². The summed E-state index contributed by atoms with van der Waals surface area (Å²) in [6.07, 6.45) is 3.41. The predicted molar refractivity (Wildman–Crippen MR) is 89.1 cm³/mol. The molecule has 0 bridgehead atoms. The maximum Gasteiger partial charge on any atom is 0.196 e. The van der Waals surface area contributed by atoms with Crippen LogP contribution in [-0.4, -0.2) is 42.6 Å². The van der Waals surface area contributed by atoms with E-state index in [0.29, 0.717) is 5.96 Å². The van der Waals surface area contributed by atoms with E-state index in [9.17, 15) is 0 Å². The number of rotatable bonds is 3. The molecule has 4 nitrogen and oxygen atoms in total. The second-order valence-corrected chi connectivity index (χ2v) is 6.49. The number of aliphatic imine (C=N–C) groups is 1. The predicted octanol–water partition coefficient (Wildman–Crippen LogP) is 2.72. The van der Waals surface area contributed by atoms with Gasteiger partial charge in [0.1, 0.15) is 0 Å². The van der Waals surface area contributed by atoms with Crippen LogP contribution in [0.2, 0.25) is 5.02 Å². The van der Waals surface area contributed by atoms with Crippen molar-refractivity contribution in [2.45, 2.75) is 31.7 Å². The molecule has 0 aromatic heterocycles. The molecule has 3 rings (SSSR count). The monoisotopic (exact) mass is 306 g/mol. The third-order valence-electron chi connectivity index (χ3n) is 4.63. The third kappa shape index (κ3) is 2.74. The minimum atomic E-state index is 0.0407. The van der Waals surface area contributed by atoms with Crippen LogP contribution in [0.4, 0.5) is 5.69 Å². The van der Waals surface area contributed by atoms with Crippen LogP contribution in [0.5, 0.6) is 0 Å². The highest BCUT2D eigenvalue weighted by molar-refractivity contribution is 6.31. The lowest BCUT2D eigenvalue weighted by Gasteiger charge is -2.45. The van der Waals surface area contributed by atoms with Crippen LogP contribution in [-0.2, 0) is 0 Å². The van der Waals surface area contributed by atoms with E-state index in [4.69, 9.17) is 17.3 Å². The molecule has 0 amide bonds. The largest absolute Gasteiger partial charge is 0.369 e. The Bertz CT molecular complexity index is 535. The molecule has 0 saturated carbocycles. The number of guanidine groups is 1. The van der Waals surface area contributed by atoms with Crippen molar-refractivity contribution >= 4 is 23.2 Å². The molecule has 0 atom stereocenters. The molecule has 0 radical (unpaired) electrons. The molecule has 0 unspecified atom stereocenters. The van der Waals surface area contributed by atoms with Crippen molar-refractivity contribution in [2.24, 2.45) is 10.7 Å². The normalized spacial score (nSPS) is 21.8. The Morgan fingerprint density at radius 2 is 2.10 bits per heavy atom. The molecule has 2 aliphatic heterocycles. The molecule has 2 aliphatic rings. The Balaban J connectivity index is 1.83. The standard InChI is InChI=1S/C16H23ClN4/c1-2-8-20-9-6-16(7-10-20)12-19-15(18)21(16)14-5-3-4-13(17)11-14/h3-5,11H,2,6-10,12H2,1H3,(H2,18,19). The lowest BCUT2D eigenvalue weighted by atomic mass is 9.86.